The van der Waals surface area contributed by atoms with E-state index in [4.69, 9.17) is 0 Å². The first-order chi connectivity index (χ1) is 4.93. The first kappa shape index (κ1) is 7.29. The van der Waals surface area contributed by atoms with E-state index in [1.807, 2.05) is 29.6 Å². The molecular formula is C9H10S. The summed E-state index contributed by atoms with van der Waals surface area (Å²) in [5, 5.41) is 2.02. The van der Waals surface area contributed by atoms with E-state index in [1.165, 1.54) is 16.2 Å². The molecule has 0 aliphatic carbocycles. The normalized spacial score (nSPS) is 10.8. The second-order valence-electron chi connectivity index (χ2n) is 1.85. The van der Waals surface area contributed by atoms with E-state index in [1.54, 1.807) is 0 Å². The number of benzene rings is 1. The maximum absolute atomic E-state index is 3.61. The monoisotopic (exact) mass is 150 g/mol. The minimum atomic E-state index is 1.22. The molecule has 0 atom stereocenters. The Labute approximate surface area is 65.2 Å². The quantitative estimate of drug-likeness (QED) is 0.374. The van der Waals surface area contributed by atoms with Gasteiger partial charge in [0, 0.05) is 0 Å². The molecule has 10 heavy (non-hydrogen) atoms. The van der Waals surface area contributed by atoms with Crippen molar-refractivity contribution in [2.24, 2.45) is 0 Å². The van der Waals surface area contributed by atoms with Crippen LogP contribution in [0.3, 0.4) is 0 Å². The van der Waals surface area contributed by atoms with Crippen LogP contribution < -0.4 is 0 Å². The molecule has 1 aromatic rings. The van der Waals surface area contributed by atoms with Crippen LogP contribution in [0.25, 0.3) is 0 Å². The molecule has 1 aromatic carbocycles. The molecule has 0 saturated heterocycles. The highest BCUT2D eigenvalue weighted by Gasteiger charge is 1.77. The van der Waals surface area contributed by atoms with Crippen molar-refractivity contribution >= 4 is 16.7 Å². The van der Waals surface area contributed by atoms with Crippen LogP contribution in [0.2, 0.25) is 0 Å². The van der Waals surface area contributed by atoms with Crippen LogP contribution in [0.1, 0.15) is 0 Å². The van der Waals surface area contributed by atoms with Crippen molar-refractivity contribution in [3.8, 4) is 0 Å². The van der Waals surface area contributed by atoms with Gasteiger partial charge in [0.05, 0.1) is 0 Å². The first-order valence-corrected chi connectivity index (χ1v) is 4.10. The zero-order chi connectivity index (χ0) is 7.23. The van der Waals surface area contributed by atoms with Crippen molar-refractivity contribution in [2.75, 3.05) is 0 Å². The second-order valence-corrected chi connectivity index (χ2v) is 2.92. The zero-order valence-electron chi connectivity index (χ0n) is 5.70. The van der Waals surface area contributed by atoms with Gasteiger partial charge >= 0.3 is 0 Å². The number of hydrogen-bond acceptors (Lipinski definition) is 0. The summed E-state index contributed by atoms with van der Waals surface area (Å²) >= 11 is 1.22. The van der Waals surface area contributed by atoms with Gasteiger partial charge in [0.25, 0.3) is 0 Å². The molecule has 0 aliphatic rings. The largest absolute Gasteiger partial charge is 0.169 e. The van der Waals surface area contributed by atoms with E-state index in [-0.39, 0.29) is 0 Å². The van der Waals surface area contributed by atoms with E-state index >= 15 is 0 Å². The van der Waals surface area contributed by atoms with Gasteiger partial charge in [-0.3, -0.25) is 0 Å². The zero-order valence-corrected chi connectivity index (χ0v) is 6.59. The number of hydrogen-bond donors (Lipinski definition) is 1. The fraction of sp³-hybridized carbons (Fsp3) is 0. The van der Waals surface area contributed by atoms with Gasteiger partial charge in [-0.05, 0) is 22.4 Å². The van der Waals surface area contributed by atoms with Crippen molar-refractivity contribution in [1.82, 2.24) is 0 Å². The standard InChI is InChI=1S/C9H10S/c1-2-8-10-9-6-4-3-5-7-9/h2-8,10H,1H2. The molecule has 0 unspecified atom stereocenters. The van der Waals surface area contributed by atoms with Crippen LogP contribution in [0.15, 0.2) is 47.9 Å². The maximum Gasteiger partial charge on any atom is -0.00118 e. The second kappa shape index (κ2) is 4.07. The Morgan fingerprint density at radius 2 is 1.90 bits per heavy atom. The lowest BCUT2D eigenvalue weighted by atomic mass is 10.4. The summed E-state index contributed by atoms with van der Waals surface area (Å²) in [7, 11) is 0. The van der Waals surface area contributed by atoms with Gasteiger partial charge in [0.2, 0.25) is 0 Å². The average molecular weight is 150 g/mol. The Balaban J connectivity index is 2.76. The van der Waals surface area contributed by atoms with Crippen molar-refractivity contribution in [2.45, 2.75) is 4.90 Å². The predicted molar refractivity (Wildman–Crippen MR) is 50.0 cm³/mol. The van der Waals surface area contributed by atoms with E-state index in [0.29, 0.717) is 0 Å². The van der Waals surface area contributed by atoms with Crippen molar-refractivity contribution in [3.05, 3.63) is 43.0 Å². The molecule has 0 N–H and O–H groups in total. The molecule has 0 saturated carbocycles. The van der Waals surface area contributed by atoms with Crippen LogP contribution in [0, 0.1) is 0 Å². The molecule has 0 aromatic heterocycles. The molecule has 52 valence electrons. The maximum atomic E-state index is 3.61. The molecule has 0 radical (unpaired) electrons. The molecule has 0 fully saturated rings. The van der Waals surface area contributed by atoms with Crippen LogP contribution in [0.4, 0.5) is 0 Å². The smallest absolute Gasteiger partial charge is 0.00118 e. The molecule has 0 amide bonds. The van der Waals surface area contributed by atoms with Crippen LogP contribution >= 0.6 is 11.4 Å². The van der Waals surface area contributed by atoms with Crippen molar-refractivity contribution in [1.29, 1.82) is 0 Å². The Kier molecular flexibility index (Phi) is 2.97. The fourth-order valence-corrected chi connectivity index (χ4v) is 1.27. The SMILES string of the molecule is C=CC=[SH]c1ccccc1. The third-order valence-electron chi connectivity index (χ3n) is 1.09. The van der Waals surface area contributed by atoms with Gasteiger partial charge in [-0.1, -0.05) is 30.9 Å². The van der Waals surface area contributed by atoms with E-state index in [2.05, 4.69) is 18.7 Å². The minimum absolute atomic E-state index is 1.22. The topological polar surface area (TPSA) is 0 Å². The Hall–Kier alpha value is -0.820. The Morgan fingerprint density at radius 3 is 2.50 bits per heavy atom. The Bertz CT molecular complexity index is 224. The van der Waals surface area contributed by atoms with Gasteiger partial charge in [-0.15, -0.1) is 0 Å². The fourth-order valence-electron chi connectivity index (χ4n) is 0.653. The summed E-state index contributed by atoms with van der Waals surface area (Å²) in [6.45, 7) is 3.61. The lowest BCUT2D eigenvalue weighted by molar-refractivity contribution is 1.48. The summed E-state index contributed by atoms with van der Waals surface area (Å²) in [6, 6.07) is 10.3. The summed E-state index contributed by atoms with van der Waals surface area (Å²) in [5.74, 6) is 0. The van der Waals surface area contributed by atoms with Gasteiger partial charge in [-0.25, -0.2) is 0 Å². The number of allylic oxidation sites excluding steroid dienone is 1. The molecule has 0 aliphatic heterocycles. The number of thiol groups is 1. The van der Waals surface area contributed by atoms with Gasteiger partial charge < -0.3 is 0 Å². The minimum Gasteiger partial charge on any atom is -0.169 e. The first-order valence-electron chi connectivity index (χ1n) is 3.13. The van der Waals surface area contributed by atoms with Crippen molar-refractivity contribution in [3.63, 3.8) is 0 Å². The lowest BCUT2D eigenvalue weighted by Crippen LogP contribution is -1.63. The highest BCUT2D eigenvalue weighted by molar-refractivity contribution is 7.97. The van der Waals surface area contributed by atoms with Gasteiger partial charge in [0.15, 0.2) is 0 Å². The predicted octanol–water partition coefficient (Wildman–Crippen LogP) is 2.50. The molecular weight excluding hydrogens is 140 g/mol. The van der Waals surface area contributed by atoms with E-state index in [0.717, 1.165) is 0 Å². The van der Waals surface area contributed by atoms with Crippen LogP contribution in [-0.2, 0) is 0 Å². The van der Waals surface area contributed by atoms with E-state index in [9.17, 15) is 0 Å². The van der Waals surface area contributed by atoms with Crippen LogP contribution in [-0.4, -0.2) is 5.37 Å². The molecule has 0 bridgehead atoms. The third kappa shape index (κ3) is 2.19. The highest BCUT2D eigenvalue weighted by Crippen LogP contribution is 2.07. The molecule has 0 spiro atoms. The summed E-state index contributed by atoms with van der Waals surface area (Å²) in [6.07, 6.45) is 1.81. The van der Waals surface area contributed by atoms with Gasteiger partial charge in [0.1, 0.15) is 0 Å². The van der Waals surface area contributed by atoms with Crippen LogP contribution in [0.5, 0.6) is 0 Å². The molecule has 1 heteroatoms. The summed E-state index contributed by atoms with van der Waals surface area (Å²) in [5.41, 5.74) is 0. The molecule has 0 nitrogen and oxygen atoms in total. The summed E-state index contributed by atoms with van der Waals surface area (Å²) in [4.78, 5) is 1.31. The van der Waals surface area contributed by atoms with Gasteiger partial charge in [-0.2, -0.15) is 11.4 Å². The lowest BCUT2D eigenvalue weighted by Gasteiger charge is -1.88. The average Bonchev–Trinajstić information content (AvgIpc) is 2.03. The Morgan fingerprint density at radius 1 is 1.20 bits per heavy atom. The summed E-state index contributed by atoms with van der Waals surface area (Å²) < 4.78 is 0. The van der Waals surface area contributed by atoms with Crippen molar-refractivity contribution < 1.29 is 0 Å². The molecule has 1 rings (SSSR count). The highest BCUT2D eigenvalue weighted by atomic mass is 32.1. The number of rotatable bonds is 2. The molecule has 0 heterocycles. The van der Waals surface area contributed by atoms with E-state index < -0.39 is 0 Å². The third-order valence-corrected chi connectivity index (χ3v) is 2.04.